The fourth-order valence-corrected chi connectivity index (χ4v) is 3.69. The maximum atomic E-state index is 13.9. The van der Waals surface area contributed by atoms with Gasteiger partial charge in [0, 0.05) is 11.6 Å². The third kappa shape index (κ3) is 3.31. The molecular weight excluding hydrogens is 386 g/mol. The fourth-order valence-electron chi connectivity index (χ4n) is 3.42. The summed E-state index contributed by atoms with van der Waals surface area (Å²) in [7, 11) is 0. The number of anilines is 1. The lowest BCUT2D eigenvalue weighted by Gasteiger charge is -2.21. The van der Waals surface area contributed by atoms with E-state index in [9.17, 15) is 17.6 Å². The van der Waals surface area contributed by atoms with Crippen LogP contribution in [0.3, 0.4) is 0 Å². The number of aromatic nitrogens is 4. The Hall–Kier alpha value is -2.42. The standard InChI is InChI=1S/C17H14ClF4N5/c18-14-13(11-7-9(19)5-6-12(11)17(20,21)22)15(25-10-3-1-2-4-10)27-16(26-14)23-8-24-27/h5-8,10,25H,1-4H2. The normalized spacial score (nSPS) is 15.6. The molecule has 0 radical (unpaired) electrons. The summed E-state index contributed by atoms with van der Waals surface area (Å²) in [5.74, 6) is -0.431. The number of rotatable bonds is 3. The first-order valence-electron chi connectivity index (χ1n) is 8.37. The summed E-state index contributed by atoms with van der Waals surface area (Å²) in [4.78, 5) is 7.98. The Bertz CT molecular complexity index is 995. The lowest BCUT2D eigenvalue weighted by atomic mass is 10.00. The van der Waals surface area contributed by atoms with Crippen LogP contribution in [-0.2, 0) is 6.18 Å². The summed E-state index contributed by atoms with van der Waals surface area (Å²) in [5.41, 5.74) is -1.44. The summed E-state index contributed by atoms with van der Waals surface area (Å²) in [5, 5.41) is 7.07. The topological polar surface area (TPSA) is 55.1 Å². The number of hydrogen-bond donors (Lipinski definition) is 1. The summed E-state index contributed by atoms with van der Waals surface area (Å²) in [6.07, 6.45) is 0.308. The van der Waals surface area contributed by atoms with Crippen molar-refractivity contribution in [3.05, 3.63) is 41.1 Å². The van der Waals surface area contributed by atoms with Crippen molar-refractivity contribution in [1.82, 2.24) is 19.6 Å². The molecule has 0 amide bonds. The molecule has 10 heteroatoms. The molecule has 0 aliphatic heterocycles. The van der Waals surface area contributed by atoms with Gasteiger partial charge in [-0.3, -0.25) is 0 Å². The highest BCUT2D eigenvalue weighted by Crippen LogP contribution is 2.43. The summed E-state index contributed by atoms with van der Waals surface area (Å²) in [6.45, 7) is 0. The number of halogens is 5. The minimum absolute atomic E-state index is 0.0478. The Labute approximate surface area is 156 Å². The average Bonchev–Trinajstić information content (AvgIpc) is 3.25. The van der Waals surface area contributed by atoms with E-state index in [-0.39, 0.29) is 28.4 Å². The second kappa shape index (κ2) is 6.63. The van der Waals surface area contributed by atoms with E-state index in [0.29, 0.717) is 6.07 Å². The van der Waals surface area contributed by atoms with Crippen LogP contribution in [-0.4, -0.2) is 25.6 Å². The zero-order valence-electron chi connectivity index (χ0n) is 13.9. The molecular formula is C17H14ClF4N5. The molecule has 4 rings (SSSR count). The van der Waals surface area contributed by atoms with Crippen molar-refractivity contribution >= 4 is 23.2 Å². The second-order valence-corrected chi connectivity index (χ2v) is 6.77. The monoisotopic (exact) mass is 399 g/mol. The number of fused-ring (bicyclic) bond motifs is 1. The minimum atomic E-state index is -4.69. The number of nitrogens with zero attached hydrogens (tertiary/aromatic N) is 4. The molecule has 2 heterocycles. The van der Waals surface area contributed by atoms with Gasteiger partial charge in [-0.15, -0.1) is 0 Å². The first kappa shape index (κ1) is 18.0. The molecule has 0 spiro atoms. The van der Waals surface area contributed by atoms with Crippen LogP contribution in [0.15, 0.2) is 24.5 Å². The SMILES string of the molecule is Fc1ccc(C(F)(F)F)c(-c2c(Cl)nc3ncnn3c2NC2CCCC2)c1. The quantitative estimate of drug-likeness (QED) is 0.499. The number of benzene rings is 1. The molecule has 0 bridgehead atoms. The smallest absolute Gasteiger partial charge is 0.367 e. The van der Waals surface area contributed by atoms with E-state index in [4.69, 9.17) is 11.6 Å². The van der Waals surface area contributed by atoms with Crippen LogP contribution in [0.1, 0.15) is 31.2 Å². The Kier molecular flexibility index (Phi) is 4.41. The van der Waals surface area contributed by atoms with Crippen molar-refractivity contribution in [2.75, 3.05) is 5.32 Å². The Balaban J connectivity index is 1.99. The predicted octanol–water partition coefficient (Wildman–Crippen LogP) is 4.96. The van der Waals surface area contributed by atoms with Crippen LogP contribution in [0.5, 0.6) is 0 Å². The molecule has 1 N–H and O–H groups in total. The molecule has 1 aromatic carbocycles. The van der Waals surface area contributed by atoms with Crippen LogP contribution in [0.2, 0.25) is 5.15 Å². The molecule has 1 aliphatic rings. The van der Waals surface area contributed by atoms with Gasteiger partial charge in [-0.1, -0.05) is 24.4 Å². The van der Waals surface area contributed by atoms with Crippen molar-refractivity contribution in [1.29, 1.82) is 0 Å². The van der Waals surface area contributed by atoms with E-state index in [0.717, 1.165) is 37.8 Å². The average molecular weight is 400 g/mol. The Morgan fingerprint density at radius 3 is 2.63 bits per heavy atom. The van der Waals surface area contributed by atoms with Gasteiger partial charge in [-0.05, 0) is 31.0 Å². The third-order valence-electron chi connectivity index (χ3n) is 4.64. The van der Waals surface area contributed by atoms with E-state index in [2.05, 4.69) is 20.4 Å². The van der Waals surface area contributed by atoms with Crippen LogP contribution in [0, 0.1) is 5.82 Å². The highest BCUT2D eigenvalue weighted by Gasteiger charge is 2.36. The van der Waals surface area contributed by atoms with Crippen molar-refractivity contribution < 1.29 is 17.6 Å². The molecule has 142 valence electrons. The second-order valence-electron chi connectivity index (χ2n) is 6.41. The Morgan fingerprint density at radius 1 is 1.19 bits per heavy atom. The van der Waals surface area contributed by atoms with Crippen molar-refractivity contribution in [3.63, 3.8) is 0 Å². The van der Waals surface area contributed by atoms with Gasteiger partial charge < -0.3 is 5.32 Å². The molecule has 0 atom stereocenters. The Morgan fingerprint density at radius 2 is 1.93 bits per heavy atom. The van der Waals surface area contributed by atoms with Crippen LogP contribution in [0.4, 0.5) is 23.4 Å². The largest absolute Gasteiger partial charge is 0.417 e. The lowest BCUT2D eigenvalue weighted by molar-refractivity contribution is -0.137. The van der Waals surface area contributed by atoms with Gasteiger partial charge in [0.2, 0.25) is 0 Å². The molecule has 1 aliphatic carbocycles. The lowest BCUT2D eigenvalue weighted by Crippen LogP contribution is -2.19. The van der Waals surface area contributed by atoms with Crippen molar-refractivity contribution in [2.45, 2.75) is 37.9 Å². The van der Waals surface area contributed by atoms with Gasteiger partial charge in [0.1, 0.15) is 23.1 Å². The van der Waals surface area contributed by atoms with Gasteiger partial charge in [-0.2, -0.15) is 32.8 Å². The van der Waals surface area contributed by atoms with Crippen LogP contribution >= 0.6 is 11.6 Å². The fraction of sp³-hybridized carbons (Fsp3) is 0.353. The molecule has 0 unspecified atom stereocenters. The summed E-state index contributed by atoms with van der Waals surface area (Å²) in [6, 6.07) is 2.34. The van der Waals surface area contributed by atoms with Crippen molar-refractivity contribution in [3.8, 4) is 11.1 Å². The summed E-state index contributed by atoms with van der Waals surface area (Å²) >= 11 is 6.24. The van der Waals surface area contributed by atoms with Gasteiger partial charge in [0.05, 0.1) is 11.1 Å². The van der Waals surface area contributed by atoms with E-state index >= 15 is 0 Å². The molecule has 2 aromatic heterocycles. The van der Waals surface area contributed by atoms with E-state index in [1.807, 2.05) is 0 Å². The molecule has 0 saturated heterocycles. The number of nitrogens with one attached hydrogen (secondary N) is 1. The van der Waals surface area contributed by atoms with Crippen LogP contribution < -0.4 is 5.32 Å². The van der Waals surface area contributed by atoms with E-state index in [1.165, 1.54) is 10.8 Å². The first-order chi connectivity index (χ1) is 12.8. The van der Waals surface area contributed by atoms with E-state index < -0.39 is 23.1 Å². The molecule has 27 heavy (non-hydrogen) atoms. The highest BCUT2D eigenvalue weighted by molar-refractivity contribution is 6.33. The maximum Gasteiger partial charge on any atom is 0.417 e. The molecule has 1 saturated carbocycles. The maximum absolute atomic E-state index is 13.9. The van der Waals surface area contributed by atoms with Crippen molar-refractivity contribution in [2.24, 2.45) is 0 Å². The zero-order valence-corrected chi connectivity index (χ0v) is 14.6. The van der Waals surface area contributed by atoms with Gasteiger partial charge in [0.15, 0.2) is 0 Å². The first-order valence-corrected chi connectivity index (χ1v) is 8.75. The molecule has 3 aromatic rings. The zero-order chi connectivity index (χ0) is 19.2. The number of alkyl halides is 3. The van der Waals surface area contributed by atoms with Gasteiger partial charge in [0.25, 0.3) is 5.78 Å². The molecule has 5 nitrogen and oxygen atoms in total. The third-order valence-corrected chi connectivity index (χ3v) is 4.91. The van der Waals surface area contributed by atoms with Gasteiger partial charge >= 0.3 is 6.18 Å². The molecule has 1 fully saturated rings. The summed E-state index contributed by atoms with van der Waals surface area (Å²) < 4.78 is 55.8. The van der Waals surface area contributed by atoms with Gasteiger partial charge in [-0.25, -0.2) is 4.39 Å². The predicted molar refractivity (Wildman–Crippen MR) is 92.1 cm³/mol. The number of hydrogen-bond acceptors (Lipinski definition) is 4. The van der Waals surface area contributed by atoms with E-state index in [1.54, 1.807) is 0 Å². The highest BCUT2D eigenvalue weighted by atomic mass is 35.5. The van der Waals surface area contributed by atoms with Crippen LogP contribution in [0.25, 0.3) is 16.9 Å². The minimum Gasteiger partial charge on any atom is -0.367 e.